The lowest BCUT2D eigenvalue weighted by Crippen LogP contribution is -2.16. The molecule has 0 fully saturated rings. The van der Waals surface area contributed by atoms with Crippen molar-refractivity contribution in [3.8, 4) is 22.5 Å². The molecule has 182 valence electrons. The summed E-state index contributed by atoms with van der Waals surface area (Å²) in [5, 5.41) is 14.9. The van der Waals surface area contributed by atoms with Crippen LogP contribution in [0.2, 0.25) is 0 Å². The number of thioether (sulfide) groups is 1. The first-order valence-electron chi connectivity index (χ1n) is 11.0. The normalized spacial score (nSPS) is 11.0. The molecular formula is C25H26N4O3S3. The number of aryl methyl sites for hydroxylation is 3. The van der Waals surface area contributed by atoms with Crippen LogP contribution in [0.25, 0.3) is 22.5 Å². The number of benzene rings is 1. The van der Waals surface area contributed by atoms with Crippen LogP contribution in [-0.2, 0) is 16.6 Å². The Morgan fingerprint density at radius 2 is 1.89 bits per heavy atom. The van der Waals surface area contributed by atoms with E-state index in [4.69, 9.17) is 4.74 Å². The number of ether oxygens (including phenoxy) is 1. The van der Waals surface area contributed by atoms with Gasteiger partial charge in [0.1, 0.15) is 5.00 Å². The van der Waals surface area contributed by atoms with Gasteiger partial charge in [0.2, 0.25) is 5.91 Å². The zero-order valence-corrected chi connectivity index (χ0v) is 22.6. The van der Waals surface area contributed by atoms with Gasteiger partial charge in [0.05, 0.1) is 17.9 Å². The van der Waals surface area contributed by atoms with Gasteiger partial charge in [-0.05, 0) is 39.3 Å². The molecule has 1 N–H and O–H groups in total. The zero-order chi connectivity index (χ0) is 25.1. The molecular weight excluding hydrogens is 501 g/mol. The molecule has 4 aromatic rings. The van der Waals surface area contributed by atoms with Crippen molar-refractivity contribution in [2.24, 2.45) is 7.05 Å². The number of carbonyl (C=O) groups is 2. The van der Waals surface area contributed by atoms with Crippen molar-refractivity contribution in [2.75, 3.05) is 17.7 Å². The lowest BCUT2D eigenvalue weighted by atomic mass is 10.0. The number of nitrogens with one attached hydrogen (secondary N) is 1. The number of esters is 1. The molecule has 35 heavy (non-hydrogen) atoms. The maximum Gasteiger partial charge on any atom is 0.341 e. The SMILES string of the molecule is CCOC(=O)c1cc(C)sc1NC(=O)CSc1nnc(-c2csc(C)c2-c2ccc(C)cc2)n1C. The summed E-state index contributed by atoms with van der Waals surface area (Å²) in [4.78, 5) is 27.0. The Hall–Kier alpha value is -2.95. The first-order chi connectivity index (χ1) is 16.8. The number of anilines is 1. The van der Waals surface area contributed by atoms with Crippen LogP contribution in [-0.4, -0.2) is 39.0 Å². The predicted molar refractivity (Wildman–Crippen MR) is 144 cm³/mol. The Balaban J connectivity index is 1.49. The summed E-state index contributed by atoms with van der Waals surface area (Å²) in [6.45, 7) is 8.10. The van der Waals surface area contributed by atoms with Gasteiger partial charge in [-0.1, -0.05) is 41.6 Å². The van der Waals surface area contributed by atoms with Crippen molar-refractivity contribution in [1.29, 1.82) is 0 Å². The van der Waals surface area contributed by atoms with Crippen LogP contribution in [0.1, 0.15) is 32.6 Å². The van der Waals surface area contributed by atoms with Crippen molar-refractivity contribution < 1.29 is 14.3 Å². The number of carbonyl (C=O) groups excluding carboxylic acids is 2. The van der Waals surface area contributed by atoms with Crippen LogP contribution in [0, 0.1) is 20.8 Å². The fourth-order valence-corrected chi connectivity index (χ4v) is 6.12. The van der Waals surface area contributed by atoms with E-state index in [1.807, 2.05) is 18.5 Å². The van der Waals surface area contributed by atoms with E-state index in [0.29, 0.717) is 15.7 Å². The fraction of sp³-hybridized carbons (Fsp3) is 0.280. The molecule has 0 aliphatic carbocycles. The number of hydrogen-bond donors (Lipinski definition) is 1. The van der Waals surface area contributed by atoms with Crippen molar-refractivity contribution >= 4 is 51.3 Å². The molecule has 0 aliphatic heterocycles. The van der Waals surface area contributed by atoms with Crippen LogP contribution in [0.15, 0.2) is 40.9 Å². The topological polar surface area (TPSA) is 86.1 Å². The molecule has 0 saturated carbocycles. The number of nitrogens with zero attached hydrogens (tertiary/aromatic N) is 3. The molecule has 3 aromatic heterocycles. The molecule has 10 heteroatoms. The van der Waals surface area contributed by atoms with E-state index in [0.717, 1.165) is 27.4 Å². The minimum Gasteiger partial charge on any atom is -0.462 e. The van der Waals surface area contributed by atoms with E-state index < -0.39 is 5.97 Å². The highest BCUT2D eigenvalue weighted by atomic mass is 32.2. The van der Waals surface area contributed by atoms with Crippen LogP contribution in [0.3, 0.4) is 0 Å². The minimum atomic E-state index is -0.437. The molecule has 3 heterocycles. The number of amides is 1. The quantitative estimate of drug-likeness (QED) is 0.220. The molecule has 0 saturated heterocycles. The van der Waals surface area contributed by atoms with E-state index in [2.05, 4.69) is 59.0 Å². The average Bonchev–Trinajstić information content (AvgIpc) is 3.49. The first-order valence-corrected chi connectivity index (χ1v) is 13.7. The molecule has 0 aliphatic rings. The summed E-state index contributed by atoms with van der Waals surface area (Å²) in [5.74, 6) is 0.233. The van der Waals surface area contributed by atoms with Crippen LogP contribution < -0.4 is 5.32 Å². The van der Waals surface area contributed by atoms with Crippen molar-refractivity contribution in [2.45, 2.75) is 32.9 Å². The first kappa shape index (κ1) is 25.2. The summed E-state index contributed by atoms with van der Waals surface area (Å²) in [6, 6.07) is 10.2. The predicted octanol–water partition coefficient (Wildman–Crippen LogP) is 6.10. The zero-order valence-electron chi connectivity index (χ0n) is 20.2. The molecule has 1 aromatic carbocycles. The van der Waals surface area contributed by atoms with Gasteiger partial charge in [-0.25, -0.2) is 4.79 Å². The second-order valence-corrected chi connectivity index (χ2v) is 11.3. The Kier molecular flexibility index (Phi) is 7.73. The number of thiophene rings is 2. The smallest absolute Gasteiger partial charge is 0.341 e. The third kappa shape index (κ3) is 5.50. The van der Waals surface area contributed by atoms with Gasteiger partial charge in [-0.2, -0.15) is 0 Å². The maximum absolute atomic E-state index is 12.7. The minimum absolute atomic E-state index is 0.138. The molecule has 7 nitrogen and oxygen atoms in total. The van der Waals surface area contributed by atoms with E-state index in [-0.39, 0.29) is 18.3 Å². The van der Waals surface area contributed by atoms with Crippen LogP contribution in [0.5, 0.6) is 0 Å². The molecule has 0 bridgehead atoms. The van der Waals surface area contributed by atoms with E-state index in [1.54, 1.807) is 24.3 Å². The van der Waals surface area contributed by atoms with E-state index >= 15 is 0 Å². The molecule has 0 spiro atoms. The molecule has 0 atom stereocenters. The second kappa shape index (κ2) is 10.8. The van der Waals surface area contributed by atoms with Gasteiger partial charge < -0.3 is 14.6 Å². The van der Waals surface area contributed by atoms with Crippen LogP contribution >= 0.6 is 34.4 Å². The van der Waals surface area contributed by atoms with Crippen molar-refractivity contribution in [3.05, 3.63) is 56.6 Å². The average molecular weight is 527 g/mol. The van der Waals surface area contributed by atoms with Crippen molar-refractivity contribution in [3.63, 3.8) is 0 Å². The summed E-state index contributed by atoms with van der Waals surface area (Å²) in [6.07, 6.45) is 0. The lowest BCUT2D eigenvalue weighted by molar-refractivity contribution is -0.113. The highest BCUT2D eigenvalue weighted by Gasteiger charge is 2.21. The Morgan fingerprint density at radius 1 is 1.14 bits per heavy atom. The highest BCUT2D eigenvalue weighted by Crippen LogP contribution is 2.39. The maximum atomic E-state index is 12.7. The highest BCUT2D eigenvalue weighted by molar-refractivity contribution is 7.99. The third-order valence-electron chi connectivity index (χ3n) is 5.33. The Bertz CT molecular complexity index is 1370. The summed E-state index contributed by atoms with van der Waals surface area (Å²) in [5.41, 5.74) is 4.91. The molecule has 4 rings (SSSR count). The largest absolute Gasteiger partial charge is 0.462 e. The van der Waals surface area contributed by atoms with Gasteiger partial charge >= 0.3 is 5.97 Å². The number of rotatable bonds is 8. The third-order valence-corrected chi connectivity index (χ3v) is 8.22. The summed E-state index contributed by atoms with van der Waals surface area (Å²) in [7, 11) is 1.91. The molecule has 1 amide bonds. The van der Waals surface area contributed by atoms with Gasteiger partial charge in [0.15, 0.2) is 11.0 Å². The second-order valence-electron chi connectivity index (χ2n) is 7.97. The van der Waals surface area contributed by atoms with Gasteiger partial charge in [0.25, 0.3) is 0 Å². The Morgan fingerprint density at radius 3 is 2.60 bits per heavy atom. The van der Waals surface area contributed by atoms with Gasteiger partial charge in [-0.15, -0.1) is 32.9 Å². The molecule has 0 radical (unpaired) electrons. The number of aromatic nitrogens is 3. The lowest BCUT2D eigenvalue weighted by Gasteiger charge is -2.08. The Labute approximate surface area is 216 Å². The fourth-order valence-electron chi connectivity index (χ4n) is 3.63. The standard InChI is InChI=1S/C25H26N4O3S3/c1-6-32-24(31)18-11-15(3)35-23(18)26-20(30)13-34-25-28-27-22(29(25)5)19-12-33-16(4)21(19)17-9-7-14(2)8-10-17/h7-12H,6,13H2,1-5H3,(H,26,30). The van der Waals surface area contributed by atoms with Gasteiger partial charge in [0, 0.05) is 33.3 Å². The summed E-state index contributed by atoms with van der Waals surface area (Å²) < 4.78 is 7.01. The molecule has 0 unspecified atom stereocenters. The van der Waals surface area contributed by atoms with E-state index in [9.17, 15) is 9.59 Å². The van der Waals surface area contributed by atoms with Crippen LogP contribution in [0.4, 0.5) is 5.00 Å². The monoisotopic (exact) mass is 526 g/mol. The van der Waals surface area contributed by atoms with Gasteiger partial charge in [-0.3, -0.25) is 4.79 Å². The van der Waals surface area contributed by atoms with Crippen molar-refractivity contribution in [1.82, 2.24) is 14.8 Å². The van der Waals surface area contributed by atoms with E-state index in [1.165, 1.54) is 33.5 Å². The summed E-state index contributed by atoms with van der Waals surface area (Å²) >= 11 is 4.34. The number of hydrogen-bond acceptors (Lipinski definition) is 8.